The molecule has 0 spiro atoms. The number of carboxylic acid groups (broad SMARTS) is 1. The second kappa shape index (κ2) is 6.72. The predicted octanol–water partition coefficient (Wildman–Crippen LogP) is 2.76. The molecule has 1 aromatic carbocycles. The van der Waals surface area contributed by atoms with Crippen LogP contribution in [-0.2, 0) is 9.59 Å². The Morgan fingerprint density at radius 3 is 2.87 bits per heavy atom. The highest BCUT2D eigenvalue weighted by Gasteiger charge is 2.33. The van der Waals surface area contributed by atoms with Gasteiger partial charge in [0.05, 0.1) is 11.5 Å². The van der Waals surface area contributed by atoms with Crippen molar-refractivity contribution < 1.29 is 19.4 Å². The minimum Gasteiger partial charge on any atom is -0.493 e. The maximum Gasteiger partial charge on any atom is 0.323 e. The molecule has 3 rings (SSSR count). The summed E-state index contributed by atoms with van der Waals surface area (Å²) in [6.07, 6.45) is 4.12. The summed E-state index contributed by atoms with van der Waals surface area (Å²) in [5.41, 5.74) is 0.795. The van der Waals surface area contributed by atoms with Crippen LogP contribution in [0.1, 0.15) is 18.4 Å². The average Bonchev–Trinajstić information content (AvgIpc) is 3.30. The van der Waals surface area contributed by atoms with Crippen LogP contribution in [0.25, 0.3) is 6.08 Å². The zero-order valence-corrected chi connectivity index (χ0v) is 13.9. The minimum atomic E-state index is -1.09. The number of amides is 1. The average molecular weight is 349 g/mol. The maximum absolute atomic E-state index is 12.3. The highest BCUT2D eigenvalue weighted by molar-refractivity contribution is 8.26. The van der Waals surface area contributed by atoms with Crippen LogP contribution in [-0.4, -0.2) is 39.4 Å². The first-order valence-electron chi connectivity index (χ1n) is 7.23. The standard InChI is InChI=1S/C16H15NO4S2/c18-14(19)8-17-15(20)13(23-16(17)22)7-11-3-1-2-4-12(11)21-9-10-5-6-10/h1-4,7,10H,5-6,8-9H2,(H,18,19)/b13-7-. The third-order valence-corrected chi connectivity index (χ3v) is 4.92. The monoisotopic (exact) mass is 349 g/mol. The fourth-order valence-corrected chi connectivity index (χ4v) is 3.38. The van der Waals surface area contributed by atoms with Gasteiger partial charge in [-0.1, -0.05) is 42.2 Å². The van der Waals surface area contributed by atoms with E-state index in [1.807, 2.05) is 24.3 Å². The Kier molecular flexibility index (Phi) is 4.68. The highest BCUT2D eigenvalue weighted by Crippen LogP contribution is 2.35. The molecule has 1 N–H and O–H groups in total. The van der Waals surface area contributed by atoms with Gasteiger partial charge < -0.3 is 9.84 Å². The van der Waals surface area contributed by atoms with Gasteiger partial charge in [-0.05, 0) is 30.9 Å². The van der Waals surface area contributed by atoms with Gasteiger partial charge in [-0.3, -0.25) is 14.5 Å². The number of nitrogens with zero attached hydrogens (tertiary/aromatic N) is 1. The van der Waals surface area contributed by atoms with E-state index in [0.717, 1.165) is 28.0 Å². The summed E-state index contributed by atoms with van der Waals surface area (Å²) in [7, 11) is 0. The molecular weight excluding hydrogens is 334 g/mol. The predicted molar refractivity (Wildman–Crippen MR) is 92.2 cm³/mol. The second-order valence-electron chi connectivity index (χ2n) is 5.45. The van der Waals surface area contributed by atoms with Crippen molar-refractivity contribution in [2.45, 2.75) is 12.8 Å². The fraction of sp³-hybridized carbons (Fsp3) is 0.312. The zero-order chi connectivity index (χ0) is 16.4. The van der Waals surface area contributed by atoms with E-state index in [1.165, 1.54) is 12.8 Å². The minimum absolute atomic E-state index is 0.264. The van der Waals surface area contributed by atoms with Gasteiger partial charge in [-0.15, -0.1) is 0 Å². The van der Waals surface area contributed by atoms with Gasteiger partial charge in [0.25, 0.3) is 5.91 Å². The van der Waals surface area contributed by atoms with E-state index in [-0.39, 0.29) is 10.2 Å². The first kappa shape index (κ1) is 16.0. The number of thioether (sulfide) groups is 1. The Morgan fingerprint density at radius 2 is 2.17 bits per heavy atom. The number of carboxylic acids is 1. The van der Waals surface area contributed by atoms with E-state index in [1.54, 1.807) is 6.08 Å². The fourth-order valence-electron chi connectivity index (χ4n) is 2.14. The number of thiocarbonyl (C=S) groups is 1. The summed E-state index contributed by atoms with van der Waals surface area (Å²) in [6, 6.07) is 7.49. The Bertz CT molecular complexity index is 697. The van der Waals surface area contributed by atoms with Crippen LogP contribution >= 0.6 is 24.0 Å². The normalized spacial score (nSPS) is 19.5. The molecule has 1 aliphatic heterocycles. The zero-order valence-electron chi connectivity index (χ0n) is 12.2. The van der Waals surface area contributed by atoms with Crippen molar-refractivity contribution in [3.8, 4) is 5.75 Å². The summed E-state index contributed by atoms with van der Waals surface area (Å²) in [5.74, 6) is -0.102. The third kappa shape index (κ3) is 3.92. The Morgan fingerprint density at radius 1 is 1.43 bits per heavy atom. The maximum atomic E-state index is 12.3. The molecule has 0 radical (unpaired) electrons. The van der Waals surface area contributed by atoms with Crippen LogP contribution in [0.15, 0.2) is 29.2 Å². The van der Waals surface area contributed by atoms with Gasteiger partial charge in [0, 0.05) is 5.56 Å². The van der Waals surface area contributed by atoms with E-state index in [0.29, 0.717) is 17.4 Å². The molecule has 2 fully saturated rings. The lowest BCUT2D eigenvalue weighted by molar-refractivity contribution is -0.140. The van der Waals surface area contributed by atoms with Crippen molar-refractivity contribution in [1.82, 2.24) is 4.90 Å². The molecule has 1 saturated heterocycles. The van der Waals surface area contributed by atoms with Crippen LogP contribution in [0.5, 0.6) is 5.75 Å². The third-order valence-electron chi connectivity index (χ3n) is 3.54. The first-order valence-corrected chi connectivity index (χ1v) is 8.46. The molecule has 0 unspecified atom stereocenters. The van der Waals surface area contributed by atoms with Crippen molar-refractivity contribution in [3.63, 3.8) is 0 Å². The summed E-state index contributed by atoms with van der Waals surface area (Å²) in [5, 5.41) is 8.86. The number of para-hydroxylation sites is 1. The smallest absolute Gasteiger partial charge is 0.323 e. The van der Waals surface area contributed by atoms with Gasteiger partial charge in [0.1, 0.15) is 16.6 Å². The van der Waals surface area contributed by atoms with Crippen LogP contribution in [0.3, 0.4) is 0 Å². The molecule has 7 heteroatoms. The summed E-state index contributed by atoms with van der Waals surface area (Å²) in [4.78, 5) is 24.6. The van der Waals surface area contributed by atoms with E-state index < -0.39 is 12.5 Å². The van der Waals surface area contributed by atoms with Gasteiger partial charge in [-0.2, -0.15) is 0 Å². The van der Waals surface area contributed by atoms with Crippen molar-refractivity contribution in [2.75, 3.05) is 13.2 Å². The van der Waals surface area contributed by atoms with Crippen LogP contribution in [0, 0.1) is 5.92 Å². The van der Waals surface area contributed by atoms with Crippen LogP contribution < -0.4 is 4.74 Å². The molecule has 1 saturated carbocycles. The molecule has 23 heavy (non-hydrogen) atoms. The molecule has 5 nitrogen and oxygen atoms in total. The van der Waals surface area contributed by atoms with Crippen LogP contribution in [0.2, 0.25) is 0 Å². The Balaban J connectivity index is 1.79. The molecule has 120 valence electrons. The number of rotatable bonds is 6. The molecule has 2 aliphatic rings. The van der Waals surface area contributed by atoms with E-state index in [4.69, 9.17) is 22.1 Å². The highest BCUT2D eigenvalue weighted by atomic mass is 32.2. The molecule has 1 aliphatic carbocycles. The number of aliphatic carboxylic acids is 1. The topological polar surface area (TPSA) is 66.8 Å². The lowest BCUT2D eigenvalue weighted by atomic mass is 10.2. The number of ether oxygens (including phenoxy) is 1. The number of carbonyl (C=O) groups is 2. The quantitative estimate of drug-likeness (QED) is 0.629. The van der Waals surface area contributed by atoms with E-state index in [9.17, 15) is 9.59 Å². The number of hydrogen-bond donors (Lipinski definition) is 1. The van der Waals surface area contributed by atoms with Crippen molar-refractivity contribution in [1.29, 1.82) is 0 Å². The summed E-state index contributed by atoms with van der Waals surface area (Å²) < 4.78 is 6.08. The molecule has 1 heterocycles. The number of carbonyl (C=O) groups excluding carboxylic acids is 1. The van der Waals surface area contributed by atoms with E-state index in [2.05, 4.69) is 0 Å². The number of benzene rings is 1. The van der Waals surface area contributed by atoms with Gasteiger partial charge in [0.2, 0.25) is 0 Å². The molecule has 0 bridgehead atoms. The molecular formula is C16H15NO4S2. The first-order chi connectivity index (χ1) is 11.0. The van der Waals surface area contributed by atoms with Gasteiger partial charge in [-0.25, -0.2) is 0 Å². The van der Waals surface area contributed by atoms with Crippen molar-refractivity contribution in [2.24, 2.45) is 5.92 Å². The van der Waals surface area contributed by atoms with Crippen LogP contribution in [0.4, 0.5) is 0 Å². The lowest BCUT2D eigenvalue weighted by Crippen LogP contribution is -2.33. The molecule has 1 amide bonds. The second-order valence-corrected chi connectivity index (χ2v) is 7.13. The Labute approximate surface area is 143 Å². The molecule has 1 aromatic rings. The molecule has 0 atom stereocenters. The Hall–Kier alpha value is -1.86. The largest absolute Gasteiger partial charge is 0.493 e. The SMILES string of the molecule is O=C(O)CN1C(=O)/C(=C/c2ccccc2OCC2CC2)SC1=S. The van der Waals surface area contributed by atoms with Gasteiger partial charge >= 0.3 is 5.97 Å². The summed E-state index contributed by atoms with van der Waals surface area (Å²) in [6.45, 7) is 0.270. The lowest BCUT2D eigenvalue weighted by Gasteiger charge is -2.10. The van der Waals surface area contributed by atoms with E-state index >= 15 is 0 Å². The van der Waals surface area contributed by atoms with Crippen molar-refractivity contribution >= 4 is 46.3 Å². The number of hydrogen-bond acceptors (Lipinski definition) is 5. The summed E-state index contributed by atoms with van der Waals surface area (Å²) >= 11 is 6.20. The molecule has 0 aromatic heterocycles. The van der Waals surface area contributed by atoms with Crippen molar-refractivity contribution in [3.05, 3.63) is 34.7 Å². The van der Waals surface area contributed by atoms with Gasteiger partial charge in [0.15, 0.2) is 0 Å².